The lowest BCUT2D eigenvalue weighted by Gasteiger charge is -2.23. The average Bonchev–Trinajstić information content (AvgIpc) is 2.51. The Kier molecular flexibility index (Phi) is 6.49. The zero-order valence-corrected chi connectivity index (χ0v) is 14.0. The normalized spacial score (nSPS) is 13.2. The number of rotatable bonds is 8. The number of nitrogens with two attached hydrogens (primary N) is 1. The molecule has 0 aromatic heterocycles. The highest BCUT2D eigenvalue weighted by atomic mass is 16.5. The van der Waals surface area contributed by atoms with Gasteiger partial charge in [-0.15, -0.1) is 0 Å². The van der Waals surface area contributed by atoms with Crippen LogP contribution >= 0.6 is 0 Å². The molecule has 6 nitrogen and oxygen atoms in total. The summed E-state index contributed by atoms with van der Waals surface area (Å²) < 4.78 is 15.8. The summed E-state index contributed by atoms with van der Waals surface area (Å²) in [6.07, 6.45) is 1.47. The van der Waals surface area contributed by atoms with E-state index in [-0.39, 0.29) is 5.91 Å². The minimum Gasteiger partial charge on any atom is -0.496 e. The molecule has 1 aromatic carbocycles. The Morgan fingerprint density at radius 2 is 1.68 bits per heavy atom. The predicted octanol–water partition coefficient (Wildman–Crippen LogP) is 1.85. The molecule has 1 atom stereocenters. The van der Waals surface area contributed by atoms with Crippen molar-refractivity contribution in [2.24, 2.45) is 5.73 Å². The maximum Gasteiger partial charge on any atom is 0.240 e. The maximum absolute atomic E-state index is 12.2. The summed E-state index contributed by atoms with van der Waals surface area (Å²) in [4.78, 5) is 12.2. The van der Waals surface area contributed by atoms with Crippen LogP contribution in [-0.2, 0) is 11.3 Å². The summed E-state index contributed by atoms with van der Waals surface area (Å²) in [7, 11) is 4.69. The Labute approximate surface area is 131 Å². The zero-order valence-electron chi connectivity index (χ0n) is 14.0. The summed E-state index contributed by atoms with van der Waals surface area (Å²) in [5, 5.41) is 2.85. The van der Waals surface area contributed by atoms with Gasteiger partial charge in [-0.2, -0.15) is 0 Å². The largest absolute Gasteiger partial charge is 0.496 e. The van der Waals surface area contributed by atoms with Gasteiger partial charge in [-0.25, -0.2) is 0 Å². The van der Waals surface area contributed by atoms with Crippen molar-refractivity contribution in [2.75, 3.05) is 21.3 Å². The summed E-state index contributed by atoms with van der Waals surface area (Å²) in [5.41, 5.74) is 5.94. The van der Waals surface area contributed by atoms with Gasteiger partial charge in [0.1, 0.15) is 5.75 Å². The van der Waals surface area contributed by atoms with Gasteiger partial charge in [-0.3, -0.25) is 4.79 Å². The molecule has 0 radical (unpaired) electrons. The van der Waals surface area contributed by atoms with Crippen molar-refractivity contribution in [1.82, 2.24) is 5.32 Å². The highest BCUT2D eigenvalue weighted by Gasteiger charge is 2.27. The highest BCUT2D eigenvalue weighted by Crippen LogP contribution is 2.34. The Hall–Kier alpha value is -1.95. The fraction of sp³-hybridized carbons (Fsp3) is 0.562. The molecular formula is C16H26N2O4. The van der Waals surface area contributed by atoms with E-state index in [0.717, 1.165) is 12.0 Å². The van der Waals surface area contributed by atoms with E-state index in [2.05, 4.69) is 5.32 Å². The predicted molar refractivity (Wildman–Crippen MR) is 85.4 cm³/mol. The monoisotopic (exact) mass is 310 g/mol. The number of hydrogen-bond acceptors (Lipinski definition) is 5. The fourth-order valence-corrected chi connectivity index (χ4v) is 2.24. The third kappa shape index (κ3) is 4.27. The lowest BCUT2D eigenvalue weighted by molar-refractivity contribution is -0.126. The zero-order chi connectivity index (χ0) is 16.8. The maximum atomic E-state index is 12.2. The molecule has 3 N–H and O–H groups in total. The molecular weight excluding hydrogens is 284 g/mol. The number of ether oxygens (including phenoxy) is 3. The minimum atomic E-state index is -0.876. The number of carbonyl (C=O) groups excluding carboxylic acids is 1. The fourth-order valence-electron chi connectivity index (χ4n) is 2.24. The van der Waals surface area contributed by atoms with E-state index in [1.54, 1.807) is 40.4 Å². The number of carbonyl (C=O) groups is 1. The first-order chi connectivity index (χ1) is 10.4. The lowest BCUT2D eigenvalue weighted by atomic mass is 9.96. The number of benzene rings is 1. The number of nitrogens with one attached hydrogen (secondary N) is 1. The van der Waals surface area contributed by atoms with Crippen molar-refractivity contribution in [3.8, 4) is 17.2 Å². The van der Waals surface area contributed by atoms with Crippen molar-refractivity contribution >= 4 is 5.91 Å². The third-order valence-corrected chi connectivity index (χ3v) is 3.51. The first kappa shape index (κ1) is 18.1. The number of methoxy groups -OCH3 is 3. The van der Waals surface area contributed by atoms with Crippen LogP contribution in [0, 0.1) is 0 Å². The van der Waals surface area contributed by atoms with E-state index in [9.17, 15) is 4.79 Å². The van der Waals surface area contributed by atoms with Crippen LogP contribution in [0.2, 0.25) is 0 Å². The lowest BCUT2D eigenvalue weighted by Crippen LogP contribution is -2.51. The summed E-state index contributed by atoms with van der Waals surface area (Å²) in [6.45, 7) is 4.03. The molecule has 6 heteroatoms. The summed E-state index contributed by atoms with van der Waals surface area (Å²) in [5.74, 6) is 1.58. The van der Waals surface area contributed by atoms with Gasteiger partial charge >= 0.3 is 0 Å². The molecule has 0 heterocycles. The van der Waals surface area contributed by atoms with Gasteiger partial charge in [0, 0.05) is 18.2 Å². The van der Waals surface area contributed by atoms with Gasteiger partial charge in [0.25, 0.3) is 0 Å². The van der Waals surface area contributed by atoms with Gasteiger partial charge in [0.05, 0.1) is 26.9 Å². The van der Waals surface area contributed by atoms with Gasteiger partial charge in [0.2, 0.25) is 5.91 Å². The van der Waals surface area contributed by atoms with Crippen LogP contribution in [-0.4, -0.2) is 32.8 Å². The molecule has 124 valence electrons. The van der Waals surface area contributed by atoms with E-state index in [0.29, 0.717) is 30.2 Å². The first-order valence-corrected chi connectivity index (χ1v) is 7.25. The van der Waals surface area contributed by atoms with E-state index in [4.69, 9.17) is 19.9 Å². The van der Waals surface area contributed by atoms with Gasteiger partial charge < -0.3 is 25.3 Å². The molecule has 0 saturated heterocycles. The second-order valence-corrected chi connectivity index (χ2v) is 5.37. The molecule has 0 saturated carbocycles. The van der Waals surface area contributed by atoms with Gasteiger partial charge in [-0.1, -0.05) is 13.3 Å². The average molecular weight is 310 g/mol. The topological polar surface area (TPSA) is 82.8 Å². The molecule has 22 heavy (non-hydrogen) atoms. The second kappa shape index (κ2) is 7.89. The van der Waals surface area contributed by atoms with E-state index in [1.807, 2.05) is 6.92 Å². The molecule has 0 spiro atoms. The molecule has 1 aromatic rings. The molecule has 0 aliphatic rings. The summed E-state index contributed by atoms with van der Waals surface area (Å²) >= 11 is 0. The van der Waals surface area contributed by atoms with Crippen LogP contribution in [0.4, 0.5) is 0 Å². The number of hydrogen-bond donors (Lipinski definition) is 2. The van der Waals surface area contributed by atoms with Crippen LogP contribution < -0.4 is 25.3 Å². The molecule has 1 unspecified atom stereocenters. The number of amides is 1. The van der Waals surface area contributed by atoms with Crippen molar-refractivity contribution in [1.29, 1.82) is 0 Å². The van der Waals surface area contributed by atoms with Gasteiger partial charge in [0.15, 0.2) is 11.5 Å². The Morgan fingerprint density at radius 1 is 1.14 bits per heavy atom. The van der Waals surface area contributed by atoms with Crippen LogP contribution in [0.1, 0.15) is 32.3 Å². The van der Waals surface area contributed by atoms with Crippen LogP contribution in [0.5, 0.6) is 17.2 Å². The molecule has 1 rings (SSSR count). The third-order valence-electron chi connectivity index (χ3n) is 3.51. The van der Waals surface area contributed by atoms with Crippen LogP contribution in [0.15, 0.2) is 12.1 Å². The van der Waals surface area contributed by atoms with Gasteiger partial charge in [-0.05, 0) is 19.4 Å². The van der Waals surface area contributed by atoms with Crippen molar-refractivity contribution in [3.05, 3.63) is 17.7 Å². The van der Waals surface area contributed by atoms with Crippen LogP contribution in [0.25, 0.3) is 0 Å². The summed E-state index contributed by atoms with van der Waals surface area (Å²) in [6, 6.07) is 3.51. The Bertz CT molecular complexity index is 515. The standard InChI is InChI=1S/C16H26N2O4/c1-6-7-16(2,17)15(19)18-10-11-8-13(21-4)14(22-5)9-12(11)20-3/h8-9H,6-7,10,17H2,1-5H3,(H,18,19). The SMILES string of the molecule is CCCC(C)(N)C(=O)NCc1cc(OC)c(OC)cc1OC. The van der Waals surface area contributed by atoms with Crippen molar-refractivity contribution in [2.45, 2.75) is 38.8 Å². The highest BCUT2D eigenvalue weighted by molar-refractivity contribution is 5.85. The van der Waals surface area contributed by atoms with E-state index >= 15 is 0 Å². The van der Waals surface area contributed by atoms with E-state index in [1.165, 1.54) is 0 Å². The van der Waals surface area contributed by atoms with Crippen molar-refractivity contribution in [3.63, 3.8) is 0 Å². The van der Waals surface area contributed by atoms with E-state index < -0.39 is 5.54 Å². The van der Waals surface area contributed by atoms with Crippen LogP contribution in [0.3, 0.4) is 0 Å². The molecule has 1 amide bonds. The van der Waals surface area contributed by atoms with Crippen molar-refractivity contribution < 1.29 is 19.0 Å². The molecule has 0 fully saturated rings. The second-order valence-electron chi connectivity index (χ2n) is 5.37. The molecule has 0 bridgehead atoms. The smallest absolute Gasteiger partial charge is 0.240 e. The minimum absolute atomic E-state index is 0.189. The molecule has 0 aliphatic heterocycles. The first-order valence-electron chi connectivity index (χ1n) is 7.25. The Balaban J connectivity index is 2.91. The molecule has 0 aliphatic carbocycles. The quantitative estimate of drug-likeness (QED) is 0.765. The Morgan fingerprint density at radius 3 is 2.18 bits per heavy atom.